The van der Waals surface area contributed by atoms with E-state index in [1.54, 1.807) is 12.1 Å². The van der Waals surface area contributed by atoms with Gasteiger partial charge >= 0.3 is 6.18 Å². The van der Waals surface area contributed by atoms with Crippen molar-refractivity contribution >= 4 is 11.8 Å². The Morgan fingerprint density at radius 3 is 2.64 bits per heavy atom. The lowest BCUT2D eigenvalue weighted by Crippen LogP contribution is -2.58. The van der Waals surface area contributed by atoms with Crippen molar-refractivity contribution in [1.29, 1.82) is 0 Å². The predicted octanol–water partition coefficient (Wildman–Crippen LogP) is 2.85. The molecule has 0 radical (unpaired) electrons. The third-order valence-corrected chi connectivity index (χ3v) is 5.00. The van der Waals surface area contributed by atoms with Crippen LogP contribution < -0.4 is 5.32 Å². The van der Waals surface area contributed by atoms with Crippen molar-refractivity contribution in [3.05, 3.63) is 34.9 Å². The largest absolute Gasteiger partial charge is 0.408 e. The van der Waals surface area contributed by atoms with Crippen LogP contribution in [0, 0.1) is 0 Å². The molecule has 4 nitrogen and oxygen atoms in total. The van der Waals surface area contributed by atoms with Gasteiger partial charge in [0.2, 0.25) is 5.91 Å². The van der Waals surface area contributed by atoms with Gasteiger partial charge in [0.05, 0.1) is 0 Å². The van der Waals surface area contributed by atoms with Crippen LogP contribution in [0.4, 0.5) is 13.2 Å². The molecule has 0 spiro atoms. The summed E-state index contributed by atoms with van der Waals surface area (Å²) in [5, 5.41) is 2.64. The van der Waals surface area contributed by atoms with Crippen molar-refractivity contribution in [2.45, 2.75) is 57.3 Å². The zero-order chi connectivity index (χ0) is 18.2. The summed E-state index contributed by atoms with van der Waals surface area (Å²) < 4.78 is 40.3. The third kappa shape index (κ3) is 3.65. The Morgan fingerprint density at radius 1 is 1.20 bits per heavy atom. The number of carbonyl (C=O) groups is 2. The lowest BCUT2D eigenvalue weighted by Gasteiger charge is -2.40. The molecule has 1 N–H and O–H groups in total. The van der Waals surface area contributed by atoms with E-state index >= 15 is 0 Å². The summed E-state index contributed by atoms with van der Waals surface area (Å²) in [6.07, 6.45) is -1.98. The summed E-state index contributed by atoms with van der Waals surface area (Å²) in [5.74, 6) is -0.889. The first-order valence-corrected chi connectivity index (χ1v) is 8.53. The number of halogens is 3. The fraction of sp³-hybridized carbons (Fsp3) is 0.556. The first-order chi connectivity index (χ1) is 11.8. The number of rotatable bonds is 2. The van der Waals surface area contributed by atoms with Gasteiger partial charge in [0.25, 0.3) is 5.91 Å². The van der Waals surface area contributed by atoms with Gasteiger partial charge in [-0.3, -0.25) is 9.59 Å². The van der Waals surface area contributed by atoms with E-state index in [-0.39, 0.29) is 25.3 Å². The standard InChI is InChI=1S/C18H21F3N2O2/c1-11(24)22-13-8-9-16(18(19,20)21)23(10-13)17(25)15-7-3-5-12-4-2-6-14(12)15/h3,5,7,13,16H,2,4,6,8-10H2,1H3,(H,22,24)/t13-,16-/m0/s1. The SMILES string of the molecule is CC(=O)N[C@H]1CC[C@@H](C(F)(F)F)N(C(=O)c2cccc3c2CCC3)C1. The highest BCUT2D eigenvalue weighted by molar-refractivity contribution is 5.96. The van der Waals surface area contributed by atoms with Crippen LogP contribution in [-0.2, 0) is 17.6 Å². The first kappa shape index (κ1) is 17.8. The first-order valence-electron chi connectivity index (χ1n) is 8.53. The normalized spacial score (nSPS) is 23.3. The molecule has 0 aromatic heterocycles. The van der Waals surface area contributed by atoms with Crippen molar-refractivity contribution in [3.8, 4) is 0 Å². The number of carbonyl (C=O) groups excluding carboxylic acids is 2. The Labute approximate surface area is 144 Å². The molecule has 1 aliphatic carbocycles. The Bertz CT molecular complexity index is 687. The molecule has 1 aromatic rings. The van der Waals surface area contributed by atoms with Gasteiger partial charge in [-0.25, -0.2) is 0 Å². The molecule has 0 bridgehead atoms. The highest BCUT2D eigenvalue weighted by atomic mass is 19.4. The second-order valence-corrected chi connectivity index (χ2v) is 6.79. The van der Waals surface area contributed by atoms with Gasteiger partial charge in [-0.05, 0) is 49.3 Å². The Balaban J connectivity index is 1.90. The van der Waals surface area contributed by atoms with Gasteiger partial charge in [0.1, 0.15) is 6.04 Å². The molecule has 3 rings (SSSR count). The van der Waals surface area contributed by atoms with E-state index in [4.69, 9.17) is 0 Å². The molecule has 7 heteroatoms. The van der Waals surface area contributed by atoms with Gasteiger partial charge in [-0.1, -0.05) is 12.1 Å². The monoisotopic (exact) mass is 354 g/mol. The fourth-order valence-electron chi connectivity index (χ4n) is 3.92. The Hall–Kier alpha value is -2.05. The van der Waals surface area contributed by atoms with Crippen LogP contribution in [0.5, 0.6) is 0 Å². The minimum absolute atomic E-state index is 0.119. The summed E-state index contributed by atoms with van der Waals surface area (Å²) in [6, 6.07) is 3.02. The third-order valence-electron chi connectivity index (χ3n) is 5.00. The number of aryl methyl sites for hydroxylation is 1. The second-order valence-electron chi connectivity index (χ2n) is 6.79. The molecule has 136 valence electrons. The Kier molecular flexibility index (Phi) is 4.75. The van der Waals surface area contributed by atoms with Gasteiger partial charge in [-0.15, -0.1) is 0 Å². The number of piperidine rings is 1. The summed E-state index contributed by atoms with van der Waals surface area (Å²) in [7, 11) is 0. The van der Waals surface area contributed by atoms with Crippen LogP contribution in [0.2, 0.25) is 0 Å². The van der Waals surface area contributed by atoms with Gasteiger partial charge in [-0.2, -0.15) is 13.2 Å². The summed E-state index contributed by atoms with van der Waals surface area (Å²) in [5.41, 5.74) is 2.28. The van der Waals surface area contributed by atoms with Crippen LogP contribution in [0.3, 0.4) is 0 Å². The van der Waals surface area contributed by atoms with Crippen LogP contribution in [-0.4, -0.2) is 41.5 Å². The molecule has 2 amide bonds. The average molecular weight is 354 g/mol. The van der Waals surface area contributed by atoms with Crippen LogP contribution >= 0.6 is 0 Å². The van der Waals surface area contributed by atoms with Gasteiger partial charge < -0.3 is 10.2 Å². The van der Waals surface area contributed by atoms with E-state index in [0.29, 0.717) is 5.56 Å². The van der Waals surface area contributed by atoms with Crippen molar-refractivity contribution in [2.24, 2.45) is 0 Å². The van der Waals surface area contributed by atoms with Crippen LogP contribution in [0.15, 0.2) is 18.2 Å². The zero-order valence-electron chi connectivity index (χ0n) is 14.0. The number of hydrogen-bond acceptors (Lipinski definition) is 2. The molecule has 1 aromatic carbocycles. The second kappa shape index (κ2) is 6.69. The smallest absolute Gasteiger partial charge is 0.352 e. The number of nitrogens with one attached hydrogen (secondary N) is 1. The van der Waals surface area contributed by atoms with E-state index < -0.39 is 24.2 Å². The maximum absolute atomic E-state index is 13.4. The summed E-state index contributed by atoms with van der Waals surface area (Å²) >= 11 is 0. The lowest BCUT2D eigenvalue weighted by molar-refractivity contribution is -0.184. The number of likely N-dealkylation sites (tertiary alicyclic amines) is 1. The minimum atomic E-state index is -4.48. The molecule has 1 aliphatic heterocycles. The molecular formula is C18H21F3N2O2. The van der Waals surface area contributed by atoms with E-state index in [0.717, 1.165) is 35.3 Å². The highest BCUT2D eigenvalue weighted by Crippen LogP contribution is 2.34. The summed E-state index contributed by atoms with van der Waals surface area (Å²) in [4.78, 5) is 25.1. The molecule has 0 unspecified atom stereocenters. The van der Waals surface area contributed by atoms with E-state index in [1.165, 1.54) is 6.92 Å². The molecule has 1 saturated heterocycles. The fourth-order valence-corrected chi connectivity index (χ4v) is 3.92. The number of amides is 2. The van der Waals surface area contributed by atoms with E-state index in [9.17, 15) is 22.8 Å². The molecule has 1 fully saturated rings. The highest BCUT2D eigenvalue weighted by Gasteiger charge is 2.48. The maximum atomic E-state index is 13.4. The van der Waals surface area contributed by atoms with Gasteiger partial charge in [0.15, 0.2) is 0 Å². The predicted molar refractivity (Wildman–Crippen MR) is 86.2 cm³/mol. The molecule has 25 heavy (non-hydrogen) atoms. The summed E-state index contributed by atoms with van der Waals surface area (Å²) in [6.45, 7) is 1.21. The minimum Gasteiger partial charge on any atom is -0.352 e. The number of hydrogen-bond donors (Lipinski definition) is 1. The van der Waals surface area contributed by atoms with Gasteiger partial charge in [0, 0.05) is 25.1 Å². The van der Waals surface area contributed by atoms with Crippen molar-refractivity contribution in [3.63, 3.8) is 0 Å². The van der Waals surface area contributed by atoms with Crippen LogP contribution in [0.25, 0.3) is 0 Å². The number of nitrogens with zero attached hydrogens (tertiary/aromatic N) is 1. The number of fused-ring (bicyclic) bond motifs is 1. The van der Waals surface area contributed by atoms with Crippen LogP contribution in [0.1, 0.15) is 47.7 Å². The number of alkyl halides is 3. The zero-order valence-corrected chi connectivity index (χ0v) is 14.0. The average Bonchev–Trinajstić information content (AvgIpc) is 3.01. The quantitative estimate of drug-likeness (QED) is 0.888. The number of benzene rings is 1. The lowest BCUT2D eigenvalue weighted by atomic mass is 9.95. The topological polar surface area (TPSA) is 49.4 Å². The van der Waals surface area contributed by atoms with Crippen molar-refractivity contribution in [1.82, 2.24) is 10.2 Å². The van der Waals surface area contributed by atoms with Crippen molar-refractivity contribution in [2.75, 3.05) is 6.54 Å². The molecule has 1 heterocycles. The molecular weight excluding hydrogens is 333 g/mol. The Morgan fingerprint density at radius 2 is 1.96 bits per heavy atom. The molecule has 0 saturated carbocycles. The van der Waals surface area contributed by atoms with E-state index in [2.05, 4.69) is 5.32 Å². The molecule has 2 atom stereocenters. The van der Waals surface area contributed by atoms with Crippen molar-refractivity contribution < 1.29 is 22.8 Å². The van der Waals surface area contributed by atoms with E-state index in [1.807, 2.05) is 6.07 Å². The molecule has 2 aliphatic rings. The maximum Gasteiger partial charge on any atom is 0.408 e.